The third-order valence-corrected chi connectivity index (χ3v) is 4.66. The number of carbonyl (C=O) groups is 1. The molecule has 24 heavy (non-hydrogen) atoms. The predicted octanol–water partition coefficient (Wildman–Crippen LogP) is 3.48. The largest absolute Gasteiger partial charge is 0.446 e. The van der Waals surface area contributed by atoms with Crippen LogP contribution < -0.4 is 0 Å². The van der Waals surface area contributed by atoms with Crippen LogP contribution in [0.2, 0.25) is 0 Å². The number of aryl methyl sites for hydroxylation is 2. The summed E-state index contributed by atoms with van der Waals surface area (Å²) in [6, 6.07) is -0.0749. The summed E-state index contributed by atoms with van der Waals surface area (Å²) in [7, 11) is 0. The average molecular weight is 331 g/mol. The maximum Gasteiger partial charge on any atom is 0.227 e. The normalized spacial score (nSPS) is 18.4. The summed E-state index contributed by atoms with van der Waals surface area (Å²) in [6.07, 6.45) is 3.87. The molecule has 1 saturated heterocycles. The van der Waals surface area contributed by atoms with Crippen molar-refractivity contribution in [2.24, 2.45) is 0 Å². The number of nitrogens with zero attached hydrogens (tertiary/aromatic N) is 3. The molecule has 1 amide bonds. The molecule has 2 aromatic rings. The van der Waals surface area contributed by atoms with E-state index in [9.17, 15) is 4.79 Å². The van der Waals surface area contributed by atoms with Gasteiger partial charge in [0.25, 0.3) is 0 Å². The Morgan fingerprint density at radius 3 is 2.71 bits per heavy atom. The lowest BCUT2D eigenvalue weighted by molar-refractivity contribution is -0.131. The second-order valence-electron chi connectivity index (χ2n) is 7.55. The first-order valence-electron chi connectivity index (χ1n) is 8.44. The smallest absolute Gasteiger partial charge is 0.227 e. The van der Waals surface area contributed by atoms with E-state index in [-0.39, 0.29) is 17.4 Å². The van der Waals surface area contributed by atoms with E-state index in [1.54, 1.807) is 6.26 Å². The Morgan fingerprint density at radius 1 is 1.38 bits per heavy atom. The van der Waals surface area contributed by atoms with Gasteiger partial charge in [0, 0.05) is 17.5 Å². The minimum Gasteiger partial charge on any atom is -0.446 e. The van der Waals surface area contributed by atoms with Crippen LogP contribution in [0.15, 0.2) is 15.2 Å². The van der Waals surface area contributed by atoms with E-state index in [4.69, 9.17) is 8.94 Å². The molecule has 0 spiro atoms. The zero-order chi connectivity index (χ0) is 17.5. The third kappa shape index (κ3) is 3.09. The summed E-state index contributed by atoms with van der Waals surface area (Å²) in [5, 5.41) is 3.93. The lowest BCUT2D eigenvalue weighted by Gasteiger charge is -2.22. The molecule has 3 heterocycles. The van der Waals surface area contributed by atoms with Crippen LogP contribution in [0, 0.1) is 13.8 Å². The summed E-state index contributed by atoms with van der Waals surface area (Å²) >= 11 is 0. The summed E-state index contributed by atoms with van der Waals surface area (Å²) in [5.74, 6) is 1.43. The van der Waals surface area contributed by atoms with Gasteiger partial charge in [0.15, 0.2) is 0 Å². The van der Waals surface area contributed by atoms with Crippen molar-refractivity contribution in [2.75, 3.05) is 6.54 Å². The topological polar surface area (TPSA) is 72.4 Å². The number of rotatable bonds is 3. The lowest BCUT2D eigenvalue weighted by atomic mass is 9.93. The zero-order valence-corrected chi connectivity index (χ0v) is 15.0. The fourth-order valence-corrected chi connectivity index (χ4v) is 3.11. The van der Waals surface area contributed by atoms with Gasteiger partial charge in [-0.3, -0.25) is 4.79 Å². The second-order valence-corrected chi connectivity index (χ2v) is 7.55. The van der Waals surface area contributed by atoms with E-state index in [0.29, 0.717) is 18.1 Å². The highest BCUT2D eigenvalue weighted by molar-refractivity contribution is 5.79. The number of aromatic nitrogens is 2. The Kier molecular flexibility index (Phi) is 4.24. The van der Waals surface area contributed by atoms with Gasteiger partial charge in [0.2, 0.25) is 11.8 Å². The molecule has 1 unspecified atom stereocenters. The van der Waals surface area contributed by atoms with Crippen LogP contribution in [-0.2, 0) is 16.6 Å². The molecule has 3 rings (SSSR count). The molecule has 1 fully saturated rings. The fraction of sp³-hybridized carbons (Fsp3) is 0.611. The van der Waals surface area contributed by atoms with Gasteiger partial charge in [-0.15, -0.1) is 0 Å². The number of carbonyl (C=O) groups excluding carboxylic acids is 1. The van der Waals surface area contributed by atoms with Crippen LogP contribution >= 0.6 is 0 Å². The molecule has 0 aromatic carbocycles. The summed E-state index contributed by atoms with van der Waals surface area (Å²) in [4.78, 5) is 19.3. The van der Waals surface area contributed by atoms with E-state index in [2.05, 4.69) is 30.9 Å². The minimum absolute atomic E-state index is 0.0636. The molecule has 0 saturated carbocycles. The van der Waals surface area contributed by atoms with Crippen molar-refractivity contribution < 1.29 is 13.7 Å². The Hall–Kier alpha value is -2.11. The third-order valence-electron chi connectivity index (χ3n) is 4.66. The first kappa shape index (κ1) is 16.7. The number of amides is 1. The van der Waals surface area contributed by atoms with Gasteiger partial charge in [-0.05, 0) is 26.7 Å². The van der Waals surface area contributed by atoms with Crippen LogP contribution in [-0.4, -0.2) is 27.5 Å². The highest BCUT2D eigenvalue weighted by Crippen LogP contribution is 2.34. The van der Waals surface area contributed by atoms with Gasteiger partial charge in [-0.2, -0.15) is 0 Å². The SMILES string of the molecule is Cc1noc(C)c1CC(=O)N1CCCC1c1nc(C(C)(C)C)co1. The summed E-state index contributed by atoms with van der Waals surface area (Å²) in [5.41, 5.74) is 2.52. The molecule has 0 aliphatic carbocycles. The lowest BCUT2D eigenvalue weighted by Crippen LogP contribution is -2.32. The predicted molar refractivity (Wildman–Crippen MR) is 88.6 cm³/mol. The maximum absolute atomic E-state index is 12.8. The van der Waals surface area contributed by atoms with Gasteiger partial charge in [0.1, 0.15) is 18.1 Å². The second kappa shape index (κ2) is 6.07. The van der Waals surface area contributed by atoms with Crippen molar-refractivity contribution in [2.45, 2.75) is 65.3 Å². The molecule has 1 atom stereocenters. The Labute approximate surface area is 142 Å². The van der Waals surface area contributed by atoms with Crippen molar-refractivity contribution in [3.05, 3.63) is 34.9 Å². The molecule has 6 nitrogen and oxygen atoms in total. The van der Waals surface area contributed by atoms with Crippen LogP contribution in [0.25, 0.3) is 0 Å². The summed E-state index contributed by atoms with van der Waals surface area (Å²) < 4.78 is 10.9. The molecule has 1 aliphatic heterocycles. The molecular formula is C18H25N3O3. The number of hydrogen-bond acceptors (Lipinski definition) is 5. The van der Waals surface area contributed by atoms with E-state index in [0.717, 1.165) is 36.3 Å². The Morgan fingerprint density at radius 2 is 2.12 bits per heavy atom. The minimum atomic E-state index is -0.0749. The highest BCUT2D eigenvalue weighted by Gasteiger charge is 2.34. The first-order chi connectivity index (χ1) is 11.3. The molecule has 0 bridgehead atoms. The van der Waals surface area contributed by atoms with Gasteiger partial charge >= 0.3 is 0 Å². The number of oxazole rings is 1. The van der Waals surface area contributed by atoms with E-state index in [1.807, 2.05) is 18.7 Å². The van der Waals surface area contributed by atoms with E-state index >= 15 is 0 Å². The van der Waals surface area contributed by atoms with Crippen LogP contribution in [0.5, 0.6) is 0 Å². The Balaban J connectivity index is 1.78. The fourth-order valence-electron chi connectivity index (χ4n) is 3.11. The summed E-state index contributed by atoms with van der Waals surface area (Å²) in [6.45, 7) is 10.7. The molecular weight excluding hydrogens is 306 g/mol. The first-order valence-corrected chi connectivity index (χ1v) is 8.44. The van der Waals surface area contributed by atoms with Crippen LogP contribution in [0.1, 0.15) is 68.3 Å². The van der Waals surface area contributed by atoms with E-state index in [1.165, 1.54) is 0 Å². The van der Waals surface area contributed by atoms with Crippen molar-refractivity contribution in [1.82, 2.24) is 15.0 Å². The molecule has 0 N–H and O–H groups in total. The molecule has 0 radical (unpaired) electrons. The highest BCUT2D eigenvalue weighted by atomic mass is 16.5. The quantitative estimate of drug-likeness (QED) is 0.861. The molecule has 1 aliphatic rings. The van der Waals surface area contributed by atoms with Gasteiger partial charge in [-0.25, -0.2) is 4.98 Å². The standard InChI is InChI=1S/C18H25N3O3/c1-11-13(12(2)24-20-11)9-16(22)21-8-6-7-14(21)17-19-15(10-23-17)18(3,4)5/h10,14H,6-9H2,1-5H3. The number of likely N-dealkylation sites (tertiary alicyclic amines) is 1. The average Bonchev–Trinajstić information content (AvgIpc) is 3.20. The zero-order valence-electron chi connectivity index (χ0n) is 15.0. The van der Waals surface area contributed by atoms with Gasteiger partial charge < -0.3 is 13.8 Å². The molecule has 2 aromatic heterocycles. The van der Waals surface area contributed by atoms with Crippen molar-refractivity contribution in [1.29, 1.82) is 0 Å². The van der Waals surface area contributed by atoms with Gasteiger partial charge in [0.05, 0.1) is 17.8 Å². The van der Waals surface area contributed by atoms with Crippen LogP contribution in [0.3, 0.4) is 0 Å². The molecule has 6 heteroatoms. The van der Waals surface area contributed by atoms with Crippen molar-refractivity contribution >= 4 is 5.91 Å². The molecule has 130 valence electrons. The van der Waals surface area contributed by atoms with Crippen LogP contribution in [0.4, 0.5) is 0 Å². The maximum atomic E-state index is 12.8. The monoisotopic (exact) mass is 331 g/mol. The van der Waals surface area contributed by atoms with Crippen molar-refractivity contribution in [3.8, 4) is 0 Å². The van der Waals surface area contributed by atoms with Gasteiger partial charge in [-0.1, -0.05) is 25.9 Å². The van der Waals surface area contributed by atoms with Crippen molar-refractivity contribution in [3.63, 3.8) is 0 Å². The number of hydrogen-bond donors (Lipinski definition) is 0. The Bertz CT molecular complexity index is 720. The van der Waals surface area contributed by atoms with E-state index < -0.39 is 0 Å².